The van der Waals surface area contributed by atoms with Gasteiger partial charge in [0.25, 0.3) is 5.91 Å². The van der Waals surface area contributed by atoms with Crippen LogP contribution in [-0.2, 0) is 6.54 Å². The normalized spacial score (nSPS) is 18.6. The summed E-state index contributed by atoms with van der Waals surface area (Å²) in [6.07, 6.45) is 2.16. The molecule has 2 aromatic rings. The van der Waals surface area contributed by atoms with E-state index in [0.29, 0.717) is 13.1 Å². The second kappa shape index (κ2) is 8.07. The highest BCUT2D eigenvalue weighted by molar-refractivity contribution is 5.96. The number of benzene rings is 2. The van der Waals surface area contributed by atoms with Crippen LogP contribution < -0.4 is 0 Å². The molecule has 2 aromatic carbocycles. The zero-order valence-electron chi connectivity index (χ0n) is 16.0. The van der Waals surface area contributed by atoms with E-state index < -0.39 is 0 Å². The van der Waals surface area contributed by atoms with Crippen molar-refractivity contribution in [3.05, 3.63) is 77.4 Å². The minimum atomic E-state index is 0.114. The van der Waals surface area contributed by atoms with E-state index in [1.165, 1.54) is 16.7 Å². The molecule has 0 unspecified atom stereocenters. The minimum Gasteiger partial charge on any atom is -0.331 e. The molecule has 0 aliphatic carbocycles. The zero-order chi connectivity index (χ0) is 18.6. The van der Waals surface area contributed by atoms with Crippen LogP contribution in [0.4, 0.5) is 0 Å². The SMILES string of the molecule is CN1CCN(Cc2ccc(C(=O)N3CC=C(c4ccccc4)C3)cc2)CC1. The van der Waals surface area contributed by atoms with Gasteiger partial charge in [0.1, 0.15) is 0 Å². The second-order valence-corrected chi connectivity index (χ2v) is 7.56. The molecule has 1 fully saturated rings. The van der Waals surface area contributed by atoms with Crippen molar-refractivity contribution < 1.29 is 4.79 Å². The molecule has 0 N–H and O–H groups in total. The molecule has 4 heteroatoms. The fraction of sp³-hybridized carbons (Fsp3) is 0.348. The fourth-order valence-corrected chi connectivity index (χ4v) is 3.77. The van der Waals surface area contributed by atoms with Gasteiger partial charge in [-0.05, 0) is 35.9 Å². The molecule has 2 aliphatic heterocycles. The minimum absolute atomic E-state index is 0.114. The molecule has 4 nitrogen and oxygen atoms in total. The number of carbonyl (C=O) groups excluding carboxylic acids is 1. The third-order valence-electron chi connectivity index (χ3n) is 5.55. The summed E-state index contributed by atoms with van der Waals surface area (Å²) >= 11 is 0. The second-order valence-electron chi connectivity index (χ2n) is 7.56. The Morgan fingerprint density at radius 1 is 0.926 bits per heavy atom. The Morgan fingerprint density at radius 2 is 1.63 bits per heavy atom. The Balaban J connectivity index is 1.34. The standard InChI is InChI=1S/C23H27N3O/c1-24-13-15-25(16-14-24)17-19-7-9-21(10-8-19)23(27)26-12-11-22(18-26)20-5-3-2-4-6-20/h2-11H,12-18H2,1H3. The number of hydrogen-bond acceptors (Lipinski definition) is 3. The summed E-state index contributed by atoms with van der Waals surface area (Å²) in [6, 6.07) is 18.5. The Labute approximate surface area is 161 Å². The van der Waals surface area contributed by atoms with Gasteiger partial charge in [0.05, 0.1) is 0 Å². The molecule has 2 heterocycles. The van der Waals surface area contributed by atoms with Crippen LogP contribution in [0.1, 0.15) is 21.5 Å². The van der Waals surface area contributed by atoms with Crippen molar-refractivity contribution in [3.63, 3.8) is 0 Å². The first-order valence-electron chi connectivity index (χ1n) is 9.72. The number of rotatable bonds is 4. The lowest BCUT2D eigenvalue weighted by Gasteiger charge is -2.32. The summed E-state index contributed by atoms with van der Waals surface area (Å²) < 4.78 is 0. The maximum atomic E-state index is 12.8. The number of piperazine rings is 1. The average molecular weight is 361 g/mol. The van der Waals surface area contributed by atoms with Gasteiger partial charge in [-0.1, -0.05) is 48.5 Å². The van der Waals surface area contributed by atoms with Crippen molar-refractivity contribution >= 4 is 11.5 Å². The van der Waals surface area contributed by atoms with E-state index in [2.05, 4.69) is 47.2 Å². The number of hydrogen-bond donors (Lipinski definition) is 0. The lowest BCUT2D eigenvalue weighted by molar-refractivity contribution is 0.0801. The fourth-order valence-electron chi connectivity index (χ4n) is 3.77. The average Bonchev–Trinajstić information content (AvgIpc) is 3.21. The Hall–Kier alpha value is -2.43. The molecule has 140 valence electrons. The quantitative estimate of drug-likeness (QED) is 0.838. The Bertz CT molecular complexity index is 805. The van der Waals surface area contributed by atoms with E-state index in [1.54, 1.807) is 0 Å². The van der Waals surface area contributed by atoms with Crippen LogP contribution in [-0.4, -0.2) is 66.9 Å². The third-order valence-corrected chi connectivity index (χ3v) is 5.55. The first kappa shape index (κ1) is 18.0. The van der Waals surface area contributed by atoms with Gasteiger partial charge < -0.3 is 9.80 Å². The molecule has 27 heavy (non-hydrogen) atoms. The largest absolute Gasteiger partial charge is 0.331 e. The van der Waals surface area contributed by atoms with Crippen LogP contribution >= 0.6 is 0 Å². The number of carbonyl (C=O) groups is 1. The van der Waals surface area contributed by atoms with Crippen LogP contribution in [0, 0.1) is 0 Å². The smallest absolute Gasteiger partial charge is 0.254 e. The van der Waals surface area contributed by atoms with Crippen molar-refractivity contribution in [3.8, 4) is 0 Å². The molecule has 0 saturated carbocycles. The summed E-state index contributed by atoms with van der Waals surface area (Å²) in [5.41, 5.74) is 4.49. The number of amides is 1. The molecule has 0 bridgehead atoms. The van der Waals surface area contributed by atoms with E-state index in [4.69, 9.17) is 0 Å². The van der Waals surface area contributed by atoms with E-state index >= 15 is 0 Å². The maximum absolute atomic E-state index is 12.8. The monoisotopic (exact) mass is 361 g/mol. The van der Waals surface area contributed by atoms with Crippen LogP contribution in [0.3, 0.4) is 0 Å². The highest BCUT2D eigenvalue weighted by Crippen LogP contribution is 2.22. The van der Waals surface area contributed by atoms with Crippen molar-refractivity contribution in [2.24, 2.45) is 0 Å². The molecule has 1 amide bonds. The van der Waals surface area contributed by atoms with Crippen LogP contribution in [0.5, 0.6) is 0 Å². The predicted molar refractivity (Wildman–Crippen MR) is 110 cm³/mol. The first-order chi connectivity index (χ1) is 13.2. The van der Waals surface area contributed by atoms with Gasteiger partial charge in [-0.2, -0.15) is 0 Å². The van der Waals surface area contributed by atoms with Gasteiger partial charge in [-0.25, -0.2) is 0 Å². The number of nitrogens with zero attached hydrogens (tertiary/aromatic N) is 3. The molecule has 0 spiro atoms. The molecule has 2 aliphatic rings. The third kappa shape index (κ3) is 4.29. The van der Waals surface area contributed by atoms with Gasteiger partial charge in [-0.3, -0.25) is 9.69 Å². The van der Waals surface area contributed by atoms with Gasteiger partial charge in [-0.15, -0.1) is 0 Å². The molecule has 1 saturated heterocycles. The lowest BCUT2D eigenvalue weighted by atomic mass is 10.1. The predicted octanol–water partition coefficient (Wildman–Crippen LogP) is 2.97. The highest BCUT2D eigenvalue weighted by atomic mass is 16.2. The van der Waals surface area contributed by atoms with Gasteiger partial charge >= 0.3 is 0 Å². The summed E-state index contributed by atoms with van der Waals surface area (Å²) in [6.45, 7) is 6.81. The highest BCUT2D eigenvalue weighted by Gasteiger charge is 2.21. The van der Waals surface area contributed by atoms with E-state index in [0.717, 1.165) is 38.3 Å². The van der Waals surface area contributed by atoms with Crippen LogP contribution in [0.15, 0.2) is 60.7 Å². The van der Waals surface area contributed by atoms with Crippen molar-refractivity contribution in [1.29, 1.82) is 0 Å². The molecule has 0 radical (unpaired) electrons. The van der Waals surface area contributed by atoms with Crippen LogP contribution in [0.2, 0.25) is 0 Å². The van der Waals surface area contributed by atoms with Crippen molar-refractivity contribution in [2.45, 2.75) is 6.54 Å². The molecule has 4 rings (SSSR count). The van der Waals surface area contributed by atoms with Crippen molar-refractivity contribution in [2.75, 3.05) is 46.3 Å². The van der Waals surface area contributed by atoms with E-state index in [-0.39, 0.29) is 5.91 Å². The summed E-state index contributed by atoms with van der Waals surface area (Å²) in [7, 11) is 2.17. The zero-order valence-corrected chi connectivity index (χ0v) is 16.0. The van der Waals surface area contributed by atoms with Gasteiger partial charge in [0.15, 0.2) is 0 Å². The summed E-state index contributed by atoms with van der Waals surface area (Å²) in [5.74, 6) is 0.114. The van der Waals surface area contributed by atoms with Gasteiger partial charge in [0, 0.05) is 51.4 Å². The molecular formula is C23H27N3O. The molecule has 0 aromatic heterocycles. The number of likely N-dealkylation sites (N-methyl/N-ethyl adjacent to an activating group) is 1. The Morgan fingerprint density at radius 3 is 2.33 bits per heavy atom. The topological polar surface area (TPSA) is 26.8 Å². The lowest BCUT2D eigenvalue weighted by Crippen LogP contribution is -2.43. The van der Waals surface area contributed by atoms with Gasteiger partial charge in [0.2, 0.25) is 0 Å². The van der Waals surface area contributed by atoms with Crippen molar-refractivity contribution in [1.82, 2.24) is 14.7 Å². The van der Waals surface area contributed by atoms with E-state index in [1.807, 2.05) is 35.2 Å². The molecular weight excluding hydrogens is 334 g/mol. The molecule has 0 atom stereocenters. The summed E-state index contributed by atoms with van der Waals surface area (Å²) in [5, 5.41) is 0. The first-order valence-corrected chi connectivity index (χ1v) is 9.72. The maximum Gasteiger partial charge on any atom is 0.254 e. The summed E-state index contributed by atoms with van der Waals surface area (Å²) in [4.78, 5) is 19.6. The van der Waals surface area contributed by atoms with Crippen LogP contribution in [0.25, 0.3) is 5.57 Å². The van der Waals surface area contributed by atoms with E-state index in [9.17, 15) is 4.79 Å². The Kier molecular flexibility index (Phi) is 5.37.